The molecule has 13 rings (SSSR count). The van der Waals surface area contributed by atoms with Crippen molar-refractivity contribution in [3.05, 3.63) is 230 Å². The van der Waals surface area contributed by atoms with E-state index in [9.17, 15) is 0 Å². The molecule has 66 heavy (non-hydrogen) atoms. The number of ether oxygens (including phenoxy) is 1. The Morgan fingerprint density at radius 3 is 1.64 bits per heavy atom. The van der Waals surface area contributed by atoms with Gasteiger partial charge in [-0.3, -0.25) is 4.40 Å². The molecule has 0 bridgehead atoms. The van der Waals surface area contributed by atoms with Gasteiger partial charge in [-0.1, -0.05) is 146 Å². The van der Waals surface area contributed by atoms with Crippen molar-refractivity contribution in [1.29, 1.82) is 0 Å². The molecule has 5 heteroatoms. The molecule has 0 radical (unpaired) electrons. The van der Waals surface area contributed by atoms with Crippen molar-refractivity contribution in [3.63, 3.8) is 0 Å². The van der Waals surface area contributed by atoms with Gasteiger partial charge in [0.2, 0.25) is 0 Å². The van der Waals surface area contributed by atoms with Crippen LogP contribution in [-0.2, 0) is 0 Å². The Hall–Kier alpha value is -8.67. The van der Waals surface area contributed by atoms with E-state index in [4.69, 9.17) is 9.72 Å². The normalized spacial score (nSPS) is 12.5. The third-order valence-corrected chi connectivity index (χ3v) is 13.3. The first-order valence-corrected chi connectivity index (χ1v) is 22.6. The predicted octanol–water partition coefficient (Wildman–Crippen LogP) is 16.3. The highest BCUT2D eigenvalue weighted by molar-refractivity contribution is 6.24. The van der Waals surface area contributed by atoms with Gasteiger partial charge in [0.15, 0.2) is 0 Å². The first-order valence-electron chi connectivity index (χ1n) is 22.6. The summed E-state index contributed by atoms with van der Waals surface area (Å²) in [5, 5.41) is 9.29. The second kappa shape index (κ2) is 15.3. The predicted molar refractivity (Wildman–Crippen MR) is 276 cm³/mol. The fraction of sp³-hybridized carbons (Fsp3) is 0.0328. The van der Waals surface area contributed by atoms with E-state index in [-0.39, 0.29) is 0 Å². The summed E-state index contributed by atoms with van der Waals surface area (Å²) in [6.45, 7) is 2.82. The topological polar surface area (TPSA) is 33.0 Å². The fourth-order valence-corrected chi connectivity index (χ4v) is 10.5. The fourth-order valence-electron chi connectivity index (χ4n) is 10.5. The molecule has 0 spiro atoms. The summed E-state index contributed by atoms with van der Waals surface area (Å²) in [7, 11) is 0. The zero-order chi connectivity index (χ0) is 43.7. The van der Waals surface area contributed by atoms with Gasteiger partial charge in [-0.2, -0.15) is 0 Å². The van der Waals surface area contributed by atoms with E-state index < -0.39 is 0 Å². The van der Waals surface area contributed by atoms with Gasteiger partial charge in [-0.15, -0.1) is 0 Å². The Bertz CT molecular complexity index is 3850. The average Bonchev–Trinajstić information content (AvgIpc) is 3.93. The molecule has 0 unspecified atom stereocenters. The van der Waals surface area contributed by atoms with Crippen LogP contribution in [0, 0.1) is 6.92 Å². The molecule has 0 amide bonds. The zero-order valence-electron chi connectivity index (χ0n) is 36.3. The first kappa shape index (κ1) is 37.8. The minimum Gasteiger partial charge on any atom is -0.457 e. The van der Waals surface area contributed by atoms with Gasteiger partial charge < -0.3 is 14.5 Å². The van der Waals surface area contributed by atoms with Gasteiger partial charge in [0.05, 0.1) is 28.1 Å². The molecule has 0 N–H and O–H groups in total. The third-order valence-electron chi connectivity index (χ3n) is 13.3. The molecule has 4 heterocycles. The number of para-hydroxylation sites is 3. The van der Waals surface area contributed by atoms with E-state index in [1.807, 2.05) is 12.3 Å². The van der Waals surface area contributed by atoms with E-state index in [1.54, 1.807) is 0 Å². The van der Waals surface area contributed by atoms with E-state index in [0.717, 1.165) is 61.4 Å². The molecule has 0 saturated heterocycles. The minimum atomic E-state index is 0.624. The van der Waals surface area contributed by atoms with E-state index in [2.05, 4.69) is 233 Å². The van der Waals surface area contributed by atoms with Crippen LogP contribution >= 0.6 is 0 Å². The number of anilines is 4. The second-order valence-electron chi connectivity index (χ2n) is 17.2. The number of hydrogen-bond acceptors (Lipinski definition) is 4. The van der Waals surface area contributed by atoms with E-state index in [1.165, 1.54) is 60.4 Å². The van der Waals surface area contributed by atoms with Crippen molar-refractivity contribution in [2.75, 3.05) is 16.5 Å². The lowest BCUT2D eigenvalue weighted by molar-refractivity contribution is 0.483. The Balaban J connectivity index is 0.949. The van der Waals surface area contributed by atoms with Crippen LogP contribution in [-0.4, -0.2) is 16.1 Å². The maximum absolute atomic E-state index is 6.90. The number of fused-ring (bicyclic) bond motifs is 11. The van der Waals surface area contributed by atoms with Crippen LogP contribution in [0.25, 0.3) is 82.0 Å². The summed E-state index contributed by atoms with van der Waals surface area (Å²) in [5.74, 6) is 1.51. The Morgan fingerprint density at radius 2 is 0.955 bits per heavy atom. The van der Waals surface area contributed by atoms with Gasteiger partial charge >= 0.3 is 0 Å². The summed E-state index contributed by atoms with van der Waals surface area (Å²) < 4.78 is 9.26. The molecular formula is C61H42N4O. The third kappa shape index (κ3) is 6.05. The highest BCUT2D eigenvalue weighted by Gasteiger charge is 2.31. The number of hydrogen-bond donors (Lipinski definition) is 0. The molecule has 3 aromatic heterocycles. The number of pyridine rings is 1. The standard InChI is InChI=1S/C61H42N4O/c1-40-35-54(41-17-4-2-5-18-41)59(55(36-40)42-19-6-3-7-20-42)64-39-63(56-30-12-13-31-57(56)64)43-21-14-22-44(37-43)66-45-32-33-50-52-28-15-27-51-48-25-10-8-23-46(48)47-24-9-11-26-49(47)53-29-16-34-62-61(53)65(60(51)52)58(50)38-45/h2-38H,39H2,1H3. The van der Waals surface area contributed by atoms with Crippen molar-refractivity contribution < 1.29 is 4.74 Å². The highest BCUT2D eigenvalue weighted by atomic mass is 16.5. The van der Waals surface area contributed by atoms with Gasteiger partial charge in [-0.25, -0.2) is 4.98 Å². The number of aryl methyl sites for hydroxylation is 1. The zero-order valence-corrected chi connectivity index (χ0v) is 36.3. The minimum absolute atomic E-state index is 0.624. The Kier molecular flexibility index (Phi) is 8.75. The van der Waals surface area contributed by atoms with Gasteiger partial charge in [0.1, 0.15) is 23.8 Å². The summed E-state index contributed by atoms with van der Waals surface area (Å²) in [4.78, 5) is 10.0. The van der Waals surface area contributed by atoms with Crippen LogP contribution in [0.3, 0.4) is 0 Å². The van der Waals surface area contributed by atoms with Crippen LogP contribution in [0.1, 0.15) is 5.56 Å². The molecule has 1 aliphatic heterocycles. The van der Waals surface area contributed by atoms with Crippen LogP contribution in [0.4, 0.5) is 22.7 Å². The molecule has 0 saturated carbocycles. The maximum Gasteiger partial charge on any atom is 0.145 e. The van der Waals surface area contributed by atoms with Crippen LogP contribution < -0.4 is 14.5 Å². The molecule has 0 fully saturated rings. The molecule has 0 atom stereocenters. The maximum atomic E-state index is 6.90. The highest BCUT2D eigenvalue weighted by Crippen LogP contribution is 2.51. The van der Waals surface area contributed by atoms with E-state index >= 15 is 0 Å². The molecule has 5 nitrogen and oxygen atoms in total. The second-order valence-corrected chi connectivity index (χ2v) is 17.2. The summed E-state index contributed by atoms with van der Waals surface area (Å²) >= 11 is 0. The Morgan fingerprint density at radius 1 is 0.424 bits per heavy atom. The first-order chi connectivity index (χ1) is 32.7. The van der Waals surface area contributed by atoms with Crippen molar-refractivity contribution >= 4 is 82.5 Å². The van der Waals surface area contributed by atoms with Crippen LogP contribution in [0.5, 0.6) is 11.5 Å². The van der Waals surface area contributed by atoms with Crippen molar-refractivity contribution in [3.8, 4) is 33.8 Å². The smallest absolute Gasteiger partial charge is 0.145 e. The van der Waals surface area contributed by atoms with Gasteiger partial charge in [-0.05, 0) is 106 Å². The number of aromatic nitrogens is 2. The van der Waals surface area contributed by atoms with Gasteiger partial charge in [0.25, 0.3) is 0 Å². The molecule has 312 valence electrons. The van der Waals surface area contributed by atoms with Crippen LogP contribution in [0.15, 0.2) is 225 Å². The molecule has 0 aliphatic carbocycles. The Labute approximate surface area is 382 Å². The van der Waals surface area contributed by atoms with E-state index in [0.29, 0.717) is 6.67 Å². The largest absolute Gasteiger partial charge is 0.457 e. The van der Waals surface area contributed by atoms with Gasteiger partial charge in [0, 0.05) is 56.7 Å². The number of benzene rings is 9. The molecule has 1 aliphatic rings. The molecule has 12 aromatic rings. The van der Waals surface area contributed by atoms with Crippen molar-refractivity contribution in [2.45, 2.75) is 6.92 Å². The van der Waals surface area contributed by atoms with Crippen molar-refractivity contribution in [2.24, 2.45) is 0 Å². The summed E-state index contributed by atoms with van der Waals surface area (Å²) in [6, 6.07) is 78.3. The summed E-state index contributed by atoms with van der Waals surface area (Å²) in [5.41, 5.74) is 13.6. The lowest BCUT2D eigenvalue weighted by Gasteiger charge is -2.28. The summed E-state index contributed by atoms with van der Waals surface area (Å²) in [6.07, 6.45) is 1.90. The quantitative estimate of drug-likeness (QED) is 0.167. The number of nitrogens with zero attached hydrogens (tertiary/aromatic N) is 4. The molecular weight excluding hydrogens is 805 g/mol. The average molecular weight is 847 g/mol. The lowest BCUT2D eigenvalue weighted by Crippen LogP contribution is -2.25. The SMILES string of the molecule is Cc1cc(-c2ccccc2)c(N2CN(c3cccc(Oc4ccc5c6cccc7c8ccccc8c8ccccc8c8cccnc8n(c5c4)c76)c3)c3ccccc32)c(-c2ccccc2)c1. The van der Waals surface area contributed by atoms with Crippen molar-refractivity contribution in [1.82, 2.24) is 9.38 Å². The lowest BCUT2D eigenvalue weighted by atomic mass is 9.92. The van der Waals surface area contributed by atoms with Crippen LogP contribution in [0.2, 0.25) is 0 Å². The number of rotatable bonds is 6. The molecule has 9 aromatic carbocycles. The monoisotopic (exact) mass is 846 g/mol.